The van der Waals surface area contributed by atoms with Crippen LogP contribution in [0.4, 0.5) is 11.6 Å². The summed E-state index contributed by atoms with van der Waals surface area (Å²) < 4.78 is 5.05. The molecule has 7 nitrogen and oxygen atoms in total. The van der Waals surface area contributed by atoms with Gasteiger partial charge in [0.15, 0.2) is 0 Å². The van der Waals surface area contributed by atoms with Gasteiger partial charge in [-0.05, 0) is 31.2 Å². The number of aromatic nitrogens is 3. The molecule has 1 aromatic heterocycles. The molecule has 0 aliphatic rings. The molecule has 0 aliphatic heterocycles. The molecule has 1 amide bonds. The van der Waals surface area contributed by atoms with E-state index in [0.29, 0.717) is 10.8 Å². The Hall–Kier alpha value is -2.22. The minimum atomic E-state index is -0.340. The second-order valence-corrected chi connectivity index (χ2v) is 5.29. The molecule has 0 fully saturated rings. The Morgan fingerprint density at radius 3 is 2.70 bits per heavy atom. The number of hydrogen-bond donors (Lipinski definition) is 3. The minimum Gasteiger partial charge on any atom is -0.497 e. The third-order valence-corrected chi connectivity index (χ3v) is 3.45. The van der Waals surface area contributed by atoms with E-state index in [-0.39, 0.29) is 17.1 Å². The van der Waals surface area contributed by atoms with Crippen LogP contribution in [0.5, 0.6) is 5.75 Å². The molecule has 0 saturated carbocycles. The molecule has 0 aliphatic carbocycles. The second-order valence-electron chi connectivity index (χ2n) is 3.98. The first-order valence-corrected chi connectivity index (χ1v) is 6.76. The Bertz CT molecular complexity index is 584. The monoisotopic (exact) mass is 293 g/mol. The van der Waals surface area contributed by atoms with E-state index in [2.05, 4.69) is 20.5 Å². The number of amides is 1. The van der Waals surface area contributed by atoms with Gasteiger partial charge in [-0.3, -0.25) is 4.79 Å². The van der Waals surface area contributed by atoms with Crippen molar-refractivity contribution in [3.05, 3.63) is 24.3 Å². The number of nitrogens with one attached hydrogen (secondary N) is 2. The van der Waals surface area contributed by atoms with E-state index in [1.807, 2.05) is 0 Å². The van der Waals surface area contributed by atoms with Gasteiger partial charge in [-0.2, -0.15) is 4.98 Å². The molecule has 0 radical (unpaired) electrons. The molecule has 0 saturated heterocycles. The average molecular weight is 293 g/mol. The number of carbonyl (C=O) groups is 1. The van der Waals surface area contributed by atoms with Crippen LogP contribution in [-0.2, 0) is 4.79 Å². The van der Waals surface area contributed by atoms with Gasteiger partial charge in [-0.15, -0.1) is 5.10 Å². The fraction of sp³-hybridized carbons (Fsp3) is 0.250. The number of thioether (sulfide) groups is 1. The van der Waals surface area contributed by atoms with Gasteiger partial charge in [0.2, 0.25) is 17.0 Å². The maximum absolute atomic E-state index is 12.0. The SMILES string of the molecule is COc1ccc(NC(=O)[C@H](C)Sc2n[nH]c(N)n2)cc1. The molecule has 1 atom stereocenters. The molecule has 0 unspecified atom stereocenters. The third-order valence-electron chi connectivity index (χ3n) is 2.49. The van der Waals surface area contributed by atoms with Crippen LogP contribution in [0.3, 0.4) is 0 Å². The van der Waals surface area contributed by atoms with Crippen LogP contribution in [-0.4, -0.2) is 33.4 Å². The molecule has 106 valence electrons. The molecule has 8 heteroatoms. The maximum atomic E-state index is 12.0. The van der Waals surface area contributed by atoms with Crippen LogP contribution in [0.2, 0.25) is 0 Å². The predicted octanol–water partition coefficient (Wildman–Crippen LogP) is 1.51. The summed E-state index contributed by atoms with van der Waals surface area (Å²) in [6.07, 6.45) is 0. The van der Waals surface area contributed by atoms with Crippen LogP contribution in [0, 0.1) is 0 Å². The summed E-state index contributed by atoms with van der Waals surface area (Å²) in [5.74, 6) is 0.834. The molecule has 0 bridgehead atoms. The number of nitrogens with zero attached hydrogens (tertiary/aromatic N) is 2. The van der Waals surface area contributed by atoms with Crippen LogP contribution in [0.25, 0.3) is 0 Å². The van der Waals surface area contributed by atoms with Gasteiger partial charge in [0.1, 0.15) is 5.75 Å². The zero-order chi connectivity index (χ0) is 14.5. The third kappa shape index (κ3) is 3.64. The van der Waals surface area contributed by atoms with E-state index in [9.17, 15) is 4.79 Å². The highest BCUT2D eigenvalue weighted by Crippen LogP contribution is 2.21. The summed E-state index contributed by atoms with van der Waals surface area (Å²) in [6.45, 7) is 1.77. The maximum Gasteiger partial charge on any atom is 0.237 e. The highest BCUT2D eigenvalue weighted by atomic mass is 32.2. The zero-order valence-electron chi connectivity index (χ0n) is 11.1. The van der Waals surface area contributed by atoms with E-state index in [0.717, 1.165) is 5.75 Å². The van der Waals surface area contributed by atoms with Gasteiger partial charge in [-0.25, -0.2) is 5.10 Å². The molecular weight excluding hydrogens is 278 g/mol. The summed E-state index contributed by atoms with van der Waals surface area (Å²) in [5, 5.41) is 9.31. The van der Waals surface area contributed by atoms with Gasteiger partial charge < -0.3 is 15.8 Å². The first-order chi connectivity index (χ1) is 9.58. The molecule has 4 N–H and O–H groups in total. The number of carbonyl (C=O) groups excluding carboxylic acids is 1. The standard InChI is InChI=1S/C12H15N5O2S/c1-7(20-12-15-11(13)16-17-12)10(18)14-8-3-5-9(19-2)6-4-8/h3-7H,1-2H3,(H,14,18)(H3,13,15,16,17)/t7-/m0/s1. The fourth-order valence-corrected chi connectivity index (χ4v) is 2.17. The number of nitrogens with two attached hydrogens (primary N) is 1. The van der Waals surface area contributed by atoms with Crippen molar-refractivity contribution in [3.63, 3.8) is 0 Å². The molecular formula is C12H15N5O2S. The number of hydrogen-bond acceptors (Lipinski definition) is 6. The first kappa shape index (κ1) is 14.2. The molecule has 1 aromatic carbocycles. The largest absolute Gasteiger partial charge is 0.497 e. The lowest BCUT2D eigenvalue weighted by Crippen LogP contribution is -2.22. The Morgan fingerprint density at radius 2 is 2.15 bits per heavy atom. The van der Waals surface area contributed by atoms with E-state index in [4.69, 9.17) is 10.5 Å². The highest BCUT2D eigenvalue weighted by Gasteiger charge is 2.17. The molecule has 1 heterocycles. The van der Waals surface area contributed by atoms with E-state index < -0.39 is 0 Å². The Labute approximate surface area is 120 Å². The summed E-state index contributed by atoms with van der Waals surface area (Å²) in [6, 6.07) is 7.12. The summed E-state index contributed by atoms with van der Waals surface area (Å²) in [4.78, 5) is 16.0. The number of benzene rings is 1. The molecule has 2 aromatic rings. The van der Waals surface area contributed by atoms with Crippen molar-refractivity contribution in [1.82, 2.24) is 15.2 Å². The van der Waals surface area contributed by atoms with E-state index in [1.54, 1.807) is 38.3 Å². The summed E-state index contributed by atoms with van der Waals surface area (Å²) in [7, 11) is 1.59. The number of H-pyrrole nitrogens is 1. The first-order valence-electron chi connectivity index (χ1n) is 5.88. The van der Waals surface area contributed by atoms with Crippen LogP contribution in [0.1, 0.15) is 6.92 Å². The van der Waals surface area contributed by atoms with Gasteiger partial charge in [-0.1, -0.05) is 11.8 Å². The number of nitrogen functional groups attached to an aromatic ring is 1. The number of aromatic amines is 1. The van der Waals surface area contributed by atoms with Crippen LogP contribution in [0.15, 0.2) is 29.4 Å². The van der Waals surface area contributed by atoms with Crippen LogP contribution >= 0.6 is 11.8 Å². The minimum absolute atomic E-state index is 0.136. The summed E-state index contributed by atoms with van der Waals surface area (Å²) >= 11 is 1.23. The lowest BCUT2D eigenvalue weighted by Gasteiger charge is -2.10. The highest BCUT2D eigenvalue weighted by molar-refractivity contribution is 8.00. The van der Waals surface area contributed by atoms with E-state index >= 15 is 0 Å². The van der Waals surface area contributed by atoms with Gasteiger partial charge >= 0.3 is 0 Å². The van der Waals surface area contributed by atoms with Crippen molar-refractivity contribution in [1.29, 1.82) is 0 Å². The van der Waals surface area contributed by atoms with Crippen molar-refractivity contribution in [2.75, 3.05) is 18.2 Å². The van der Waals surface area contributed by atoms with Crippen molar-refractivity contribution in [2.24, 2.45) is 0 Å². The molecule has 0 spiro atoms. The Balaban J connectivity index is 1.93. The van der Waals surface area contributed by atoms with Crippen LogP contribution < -0.4 is 15.8 Å². The zero-order valence-corrected chi connectivity index (χ0v) is 11.9. The quantitative estimate of drug-likeness (QED) is 0.722. The number of anilines is 2. The smallest absolute Gasteiger partial charge is 0.237 e. The average Bonchev–Trinajstić information content (AvgIpc) is 2.85. The summed E-state index contributed by atoms with van der Waals surface area (Å²) in [5.41, 5.74) is 6.13. The Kier molecular flexibility index (Phi) is 4.46. The van der Waals surface area contributed by atoms with Crippen molar-refractivity contribution in [2.45, 2.75) is 17.3 Å². The van der Waals surface area contributed by atoms with Crippen molar-refractivity contribution in [3.8, 4) is 5.75 Å². The Morgan fingerprint density at radius 1 is 1.45 bits per heavy atom. The van der Waals surface area contributed by atoms with Crippen molar-refractivity contribution >= 4 is 29.3 Å². The molecule has 2 rings (SSSR count). The lowest BCUT2D eigenvalue weighted by atomic mass is 10.3. The fourth-order valence-electron chi connectivity index (χ4n) is 1.44. The lowest BCUT2D eigenvalue weighted by molar-refractivity contribution is -0.115. The topological polar surface area (TPSA) is 106 Å². The van der Waals surface area contributed by atoms with Gasteiger partial charge in [0.25, 0.3) is 0 Å². The number of methoxy groups -OCH3 is 1. The van der Waals surface area contributed by atoms with Gasteiger partial charge in [0, 0.05) is 5.69 Å². The normalized spacial score (nSPS) is 11.9. The van der Waals surface area contributed by atoms with Gasteiger partial charge in [0.05, 0.1) is 12.4 Å². The molecule has 20 heavy (non-hydrogen) atoms. The van der Waals surface area contributed by atoms with Crippen molar-refractivity contribution < 1.29 is 9.53 Å². The number of rotatable bonds is 5. The van der Waals surface area contributed by atoms with E-state index in [1.165, 1.54) is 11.8 Å². The predicted molar refractivity (Wildman–Crippen MR) is 77.7 cm³/mol. The number of ether oxygens (including phenoxy) is 1. The second kappa shape index (κ2) is 6.29.